The topological polar surface area (TPSA) is 44.8 Å². The average Bonchev–Trinajstić information content (AvgIpc) is 3.06. The SMILES string of the molecule is CCCc1ccc(NC(=O)N2CC[C@@H](CN3CCOCC3)C2)cc1. The van der Waals surface area contributed by atoms with E-state index in [0.717, 1.165) is 70.9 Å². The number of morpholine rings is 1. The summed E-state index contributed by atoms with van der Waals surface area (Å²) >= 11 is 0. The fourth-order valence-electron chi connectivity index (χ4n) is 3.56. The van der Waals surface area contributed by atoms with Crippen LogP contribution in [0.4, 0.5) is 10.5 Å². The maximum absolute atomic E-state index is 12.4. The number of carbonyl (C=O) groups is 1. The zero-order valence-electron chi connectivity index (χ0n) is 14.7. The molecular formula is C19H29N3O2. The molecule has 2 amide bonds. The van der Waals surface area contributed by atoms with Crippen molar-refractivity contribution in [2.24, 2.45) is 5.92 Å². The van der Waals surface area contributed by atoms with E-state index in [-0.39, 0.29) is 6.03 Å². The van der Waals surface area contributed by atoms with E-state index in [1.807, 2.05) is 17.0 Å². The molecule has 2 fully saturated rings. The van der Waals surface area contributed by atoms with Crippen LogP contribution >= 0.6 is 0 Å². The van der Waals surface area contributed by atoms with Gasteiger partial charge in [-0.25, -0.2) is 4.79 Å². The van der Waals surface area contributed by atoms with Crippen LogP contribution in [0.2, 0.25) is 0 Å². The number of nitrogens with one attached hydrogen (secondary N) is 1. The van der Waals surface area contributed by atoms with E-state index in [1.54, 1.807) is 0 Å². The van der Waals surface area contributed by atoms with E-state index in [1.165, 1.54) is 5.56 Å². The first-order chi connectivity index (χ1) is 11.7. The highest BCUT2D eigenvalue weighted by atomic mass is 16.5. The number of nitrogens with zero attached hydrogens (tertiary/aromatic N) is 2. The Kier molecular flexibility index (Phi) is 6.10. The van der Waals surface area contributed by atoms with Gasteiger partial charge in [0.05, 0.1) is 13.2 Å². The fourth-order valence-corrected chi connectivity index (χ4v) is 3.56. The van der Waals surface area contributed by atoms with Crippen molar-refractivity contribution < 1.29 is 9.53 Å². The molecule has 1 aromatic carbocycles. The minimum Gasteiger partial charge on any atom is -0.379 e. The Morgan fingerprint density at radius 1 is 1.21 bits per heavy atom. The molecule has 0 bridgehead atoms. The maximum atomic E-state index is 12.4. The lowest BCUT2D eigenvalue weighted by atomic mass is 10.1. The second kappa shape index (κ2) is 8.49. The van der Waals surface area contributed by atoms with Gasteiger partial charge in [-0.3, -0.25) is 4.90 Å². The highest BCUT2D eigenvalue weighted by Crippen LogP contribution is 2.20. The van der Waals surface area contributed by atoms with Crippen LogP contribution in [0.15, 0.2) is 24.3 Å². The number of amides is 2. The summed E-state index contributed by atoms with van der Waals surface area (Å²) < 4.78 is 5.40. The number of benzene rings is 1. The first-order valence-corrected chi connectivity index (χ1v) is 9.19. The molecule has 1 aromatic rings. The van der Waals surface area contributed by atoms with Gasteiger partial charge in [0.25, 0.3) is 0 Å². The molecule has 0 radical (unpaired) electrons. The van der Waals surface area contributed by atoms with Crippen molar-refractivity contribution >= 4 is 11.7 Å². The summed E-state index contributed by atoms with van der Waals surface area (Å²) in [6.45, 7) is 8.69. The normalized spacial score (nSPS) is 21.9. The van der Waals surface area contributed by atoms with Crippen molar-refractivity contribution in [3.05, 3.63) is 29.8 Å². The highest BCUT2D eigenvalue weighted by molar-refractivity contribution is 5.89. The third kappa shape index (κ3) is 4.71. The molecule has 1 atom stereocenters. The molecule has 5 nitrogen and oxygen atoms in total. The van der Waals surface area contributed by atoms with Crippen molar-refractivity contribution in [1.29, 1.82) is 0 Å². The van der Waals surface area contributed by atoms with E-state index in [4.69, 9.17) is 4.74 Å². The minimum absolute atomic E-state index is 0.0303. The van der Waals surface area contributed by atoms with Gasteiger partial charge in [-0.1, -0.05) is 25.5 Å². The summed E-state index contributed by atoms with van der Waals surface area (Å²) in [5, 5.41) is 3.03. The summed E-state index contributed by atoms with van der Waals surface area (Å²) in [6, 6.07) is 8.24. The first kappa shape index (κ1) is 17.2. The lowest BCUT2D eigenvalue weighted by Gasteiger charge is -2.29. The van der Waals surface area contributed by atoms with E-state index in [2.05, 4.69) is 29.3 Å². The van der Waals surface area contributed by atoms with Crippen LogP contribution < -0.4 is 5.32 Å². The van der Waals surface area contributed by atoms with Crippen LogP contribution in [0, 0.1) is 5.92 Å². The van der Waals surface area contributed by atoms with Gasteiger partial charge in [-0.2, -0.15) is 0 Å². The Labute approximate surface area is 145 Å². The van der Waals surface area contributed by atoms with Crippen molar-refractivity contribution in [3.63, 3.8) is 0 Å². The van der Waals surface area contributed by atoms with Gasteiger partial charge in [-0.05, 0) is 36.5 Å². The van der Waals surface area contributed by atoms with Crippen LogP contribution in [-0.2, 0) is 11.2 Å². The van der Waals surface area contributed by atoms with Crippen molar-refractivity contribution in [1.82, 2.24) is 9.80 Å². The van der Waals surface area contributed by atoms with Crippen LogP contribution in [0.1, 0.15) is 25.3 Å². The Morgan fingerprint density at radius 2 is 1.96 bits per heavy atom. The predicted octanol–water partition coefficient (Wildman–Crippen LogP) is 2.83. The molecule has 0 aromatic heterocycles. The summed E-state index contributed by atoms with van der Waals surface area (Å²) in [5.41, 5.74) is 2.21. The van der Waals surface area contributed by atoms with Crippen molar-refractivity contribution in [3.8, 4) is 0 Å². The monoisotopic (exact) mass is 331 g/mol. The number of hydrogen-bond donors (Lipinski definition) is 1. The second-order valence-corrected chi connectivity index (χ2v) is 6.89. The molecule has 132 valence electrons. The number of hydrogen-bond acceptors (Lipinski definition) is 3. The Morgan fingerprint density at radius 3 is 2.67 bits per heavy atom. The summed E-state index contributed by atoms with van der Waals surface area (Å²) in [4.78, 5) is 16.9. The molecule has 0 aliphatic carbocycles. The van der Waals surface area contributed by atoms with Crippen molar-refractivity contribution in [2.75, 3.05) is 51.3 Å². The van der Waals surface area contributed by atoms with Gasteiger partial charge in [-0.15, -0.1) is 0 Å². The third-order valence-corrected chi connectivity index (χ3v) is 4.94. The van der Waals surface area contributed by atoms with Gasteiger partial charge < -0.3 is 15.0 Å². The van der Waals surface area contributed by atoms with Gasteiger partial charge in [0.2, 0.25) is 0 Å². The van der Waals surface area contributed by atoms with Crippen LogP contribution in [0.5, 0.6) is 0 Å². The van der Waals surface area contributed by atoms with Crippen LogP contribution in [-0.4, -0.2) is 61.8 Å². The number of ether oxygens (including phenoxy) is 1. The third-order valence-electron chi connectivity index (χ3n) is 4.94. The number of likely N-dealkylation sites (tertiary alicyclic amines) is 1. The number of rotatable bonds is 5. The molecule has 0 saturated carbocycles. The lowest BCUT2D eigenvalue weighted by Crippen LogP contribution is -2.40. The molecule has 3 rings (SSSR count). The summed E-state index contributed by atoms with van der Waals surface area (Å²) in [5.74, 6) is 0.584. The molecule has 1 N–H and O–H groups in total. The van der Waals surface area contributed by atoms with Gasteiger partial charge in [0.1, 0.15) is 0 Å². The zero-order chi connectivity index (χ0) is 16.8. The molecule has 0 unspecified atom stereocenters. The molecule has 2 heterocycles. The fraction of sp³-hybridized carbons (Fsp3) is 0.632. The molecule has 24 heavy (non-hydrogen) atoms. The molecule has 2 aliphatic heterocycles. The predicted molar refractivity (Wildman–Crippen MR) is 96.4 cm³/mol. The molecule has 2 saturated heterocycles. The van der Waals surface area contributed by atoms with E-state index in [9.17, 15) is 4.79 Å². The van der Waals surface area contributed by atoms with E-state index >= 15 is 0 Å². The van der Waals surface area contributed by atoms with Gasteiger partial charge >= 0.3 is 6.03 Å². The minimum atomic E-state index is 0.0303. The van der Waals surface area contributed by atoms with Crippen LogP contribution in [0.25, 0.3) is 0 Å². The summed E-state index contributed by atoms with van der Waals surface area (Å²) in [6.07, 6.45) is 3.33. The number of carbonyl (C=O) groups excluding carboxylic acids is 1. The molecule has 0 spiro atoms. The molecule has 2 aliphatic rings. The van der Waals surface area contributed by atoms with Gasteiger partial charge in [0.15, 0.2) is 0 Å². The van der Waals surface area contributed by atoms with Gasteiger partial charge in [0, 0.05) is 38.4 Å². The Hall–Kier alpha value is -1.59. The lowest BCUT2D eigenvalue weighted by molar-refractivity contribution is 0.0314. The number of aryl methyl sites for hydroxylation is 1. The smallest absolute Gasteiger partial charge is 0.321 e. The summed E-state index contributed by atoms with van der Waals surface area (Å²) in [7, 11) is 0. The zero-order valence-corrected chi connectivity index (χ0v) is 14.7. The molecular weight excluding hydrogens is 302 g/mol. The standard InChI is InChI=1S/C19H29N3O2/c1-2-3-16-4-6-18(7-5-16)20-19(23)22-9-8-17(15-22)14-21-10-12-24-13-11-21/h4-7,17H,2-3,8-15H2,1H3,(H,20,23)/t17-/m0/s1. The van der Waals surface area contributed by atoms with Crippen molar-refractivity contribution in [2.45, 2.75) is 26.2 Å². The first-order valence-electron chi connectivity index (χ1n) is 9.19. The average molecular weight is 331 g/mol. The Balaban J connectivity index is 1.45. The van der Waals surface area contributed by atoms with E-state index in [0.29, 0.717) is 5.92 Å². The van der Waals surface area contributed by atoms with Crippen LogP contribution in [0.3, 0.4) is 0 Å². The van der Waals surface area contributed by atoms with E-state index < -0.39 is 0 Å². The highest BCUT2D eigenvalue weighted by Gasteiger charge is 2.28. The molecule has 5 heteroatoms. The Bertz CT molecular complexity index is 526. The second-order valence-electron chi connectivity index (χ2n) is 6.89. The maximum Gasteiger partial charge on any atom is 0.321 e. The number of anilines is 1. The largest absolute Gasteiger partial charge is 0.379 e. The number of urea groups is 1. The quantitative estimate of drug-likeness (QED) is 0.902.